The molecule has 0 aliphatic heterocycles. The highest BCUT2D eigenvalue weighted by Crippen LogP contribution is 2.21. The topological polar surface area (TPSA) is 26.3 Å². The standard InChI is InChI=1S/C9H15BrO2/c1-6-8(2,3)12-7(11)9(4,5)10/h6H,1H2,2-5H3. The molecule has 0 bridgehead atoms. The number of carbonyl (C=O) groups is 1. The van der Waals surface area contributed by atoms with Crippen LogP contribution in [0.25, 0.3) is 0 Å². The van der Waals surface area contributed by atoms with Crippen LogP contribution in [0.4, 0.5) is 0 Å². The molecule has 2 nitrogen and oxygen atoms in total. The molecule has 0 aromatic rings. The molecule has 0 saturated heterocycles. The molecule has 0 spiro atoms. The largest absolute Gasteiger partial charge is 0.454 e. The minimum absolute atomic E-state index is 0.285. The van der Waals surface area contributed by atoms with Gasteiger partial charge < -0.3 is 4.74 Å². The monoisotopic (exact) mass is 234 g/mol. The molecule has 0 unspecified atom stereocenters. The average Bonchev–Trinajstić information content (AvgIpc) is 1.85. The van der Waals surface area contributed by atoms with Gasteiger partial charge in [0.15, 0.2) is 0 Å². The van der Waals surface area contributed by atoms with Gasteiger partial charge >= 0.3 is 5.97 Å². The molecule has 0 amide bonds. The van der Waals surface area contributed by atoms with Gasteiger partial charge in [-0.15, -0.1) is 0 Å². The molecule has 0 atom stereocenters. The summed E-state index contributed by atoms with van der Waals surface area (Å²) in [5.74, 6) is -0.285. The van der Waals surface area contributed by atoms with Crippen molar-refractivity contribution in [1.82, 2.24) is 0 Å². The molecule has 70 valence electrons. The lowest BCUT2D eigenvalue weighted by Crippen LogP contribution is -2.34. The van der Waals surface area contributed by atoms with E-state index in [-0.39, 0.29) is 5.97 Å². The molecule has 12 heavy (non-hydrogen) atoms. The Balaban J connectivity index is 4.29. The van der Waals surface area contributed by atoms with Crippen molar-refractivity contribution in [1.29, 1.82) is 0 Å². The predicted molar refractivity (Wildman–Crippen MR) is 53.4 cm³/mol. The summed E-state index contributed by atoms with van der Waals surface area (Å²) in [5, 5.41) is 0. The summed E-state index contributed by atoms with van der Waals surface area (Å²) >= 11 is 3.22. The summed E-state index contributed by atoms with van der Waals surface area (Å²) in [5.41, 5.74) is -0.595. The summed E-state index contributed by atoms with van der Waals surface area (Å²) in [6.07, 6.45) is 1.60. The predicted octanol–water partition coefficient (Wildman–Crippen LogP) is 2.67. The smallest absolute Gasteiger partial charge is 0.323 e. The van der Waals surface area contributed by atoms with E-state index in [9.17, 15) is 4.79 Å². The molecule has 0 aliphatic carbocycles. The van der Waals surface area contributed by atoms with E-state index in [1.54, 1.807) is 33.8 Å². The van der Waals surface area contributed by atoms with Crippen molar-refractivity contribution in [2.75, 3.05) is 0 Å². The highest BCUT2D eigenvalue weighted by atomic mass is 79.9. The molecule has 0 N–H and O–H groups in total. The summed E-state index contributed by atoms with van der Waals surface area (Å²) in [4.78, 5) is 11.3. The van der Waals surface area contributed by atoms with Crippen molar-refractivity contribution in [3.05, 3.63) is 12.7 Å². The van der Waals surface area contributed by atoms with Crippen LogP contribution >= 0.6 is 15.9 Å². The van der Waals surface area contributed by atoms with Gasteiger partial charge in [-0.05, 0) is 33.8 Å². The molecular formula is C9H15BrO2. The van der Waals surface area contributed by atoms with Gasteiger partial charge in [0.1, 0.15) is 9.93 Å². The van der Waals surface area contributed by atoms with E-state index in [4.69, 9.17) is 4.74 Å². The van der Waals surface area contributed by atoms with E-state index >= 15 is 0 Å². The Morgan fingerprint density at radius 2 is 1.83 bits per heavy atom. The Morgan fingerprint density at radius 3 is 2.08 bits per heavy atom. The van der Waals surface area contributed by atoms with Crippen LogP contribution < -0.4 is 0 Å². The highest BCUT2D eigenvalue weighted by Gasteiger charge is 2.30. The third-order valence-corrected chi connectivity index (χ3v) is 1.66. The van der Waals surface area contributed by atoms with Crippen molar-refractivity contribution in [2.45, 2.75) is 37.6 Å². The Labute approximate surface area is 82.1 Å². The third-order valence-electron chi connectivity index (χ3n) is 1.33. The van der Waals surface area contributed by atoms with Gasteiger partial charge in [0, 0.05) is 0 Å². The molecule has 0 aromatic heterocycles. The summed E-state index contributed by atoms with van der Waals surface area (Å²) in [6.45, 7) is 10.6. The van der Waals surface area contributed by atoms with Crippen molar-refractivity contribution in [3.8, 4) is 0 Å². The molecule has 0 aliphatic rings. The van der Waals surface area contributed by atoms with Crippen molar-refractivity contribution >= 4 is 21.9 Å². The van der Waals surface area contributed by atoms with Gasteiger partial charge in [-0.1, -0.05) is 22.5 Å². The van der Waals surface area contributed by atoms with E-state index in [0.717, 1.165) is 0 Å². The van der Waals surface area contributed by atoms with Crippen LogP contribution in [0.15, 0.2) is 12.7 Å². The van der Waals surface area contributed by atoms with E-state index in [0.29, 0.717) is 0 Å². The normalized spacial score (nSPS) is 12.4. The van der Waals surface area contributed by atoms with Crippen molar-refractivity contribution in [2.24, 2.45) is 0 Å². The van der Waals surface area contributed by atoms with Gasteiger partial charge in [-0.2, -0.15) is 0 Å². The molecule has 0 saturated carbocycles. The zero-order valence-electron chi connectivity index (χ0n) is 7.98. The fraction of sp³-hybridized carbons (Fsp3) is 0.667. The summed E-state index contributed by atoms with van der Waals surface area (Å²) in [6, 6.07) is 0. The third kappa shape index (κ3) is 3.90. The SMILES string of the molecule is C=CC(C)(C)OC(=O)C(C)(C)Br. The first-order chi connectivity index (χ1) is 5.19. The van der Waals surface area contributed by atoms with E-state index < -0.39 is 9.93 Å². The average molecular weight is 235 g/mol. The van der Waals surface area contributed by atoms with Crippen molar-refractivity contribution < 1.29 is 9.53 Å². The van der Waals surface area contributed by atoms with E-state index in [2.05, 4.69) is 22.5 Å². The number of hydrogen-bond donors (Lipinski definition) is 0. The molecule has 0 heterocycles. The Hall–Kier alpha value is -0.310. The van der Waals surface area contributed by atoms with E-state index in [1.807, 2.05) is 0 Å². The summed E-state index contributed by atoms with van der Waals surface area (Å²) in [7, 11) is 0. The fourth-order valence-corrected chi connectivity index (χ4v) is 0.483. The van der Waals surface area contributed by atoms with Crippen LogP contribution in [-0.2, 0) is 9.53 Å². The van der Waals surface area contributed by atoms with Crippen LogP contribution in [0.5, 0.6) is 0 Å². The molecular weight excluding hydrogens is 220 g/mol. The number of alkyl halides is 1. The lowest BCUT2D eigenvalue weighted by Gasteiger charge is -2.25. The maximum atomic E-state index is 11.3. The first-order valence-electron chi connectivity index (χ1n) is 3.75. The van der Waals surface area contributed by atoms with Crippen LogP contribution in [-0.4, -0.2) is 15.9 Å². The molecule has 0 fully saturated rings. The number of carbonyl (C=O) groups excluding carboxylic acids is 1. The fourth-order valence-electron chi connectivity index (χ4n) is 0.402. The summed E-state index contributed by atoms with van der Waals surface area (Å²) < 4.78 is 4.52. The van der Waals surface area contributed by atoms with Gasteiger partial charge in [-0.3, -0.25) is 4.79 Å². The van der Waals surface area contributed by atoms with Crippen LogP contribution in [0.3, 0.4) is 0 Å². The minimum atomic E-state index is -0.632. The minimum Gasteiger partial charge on any atom is -0.454 e. The number of hydrogen-bond acceptors (Lipinski definition) is 2. The Morgan fingerprint density at radius 1 is 1.42 bits per heavy atom. The molecule has 0 aromatic carbocycles. The van der Waals surface area contributed by atoms with Gasteiger partial charge in [0.05, 0.1) is 0 Å². The number of halogens is 1. The number of esters is 1. The lowest BCUT2D eigenvalue weighted by molar-refractivity contribution is -0.154. The van der Waals surface area contributed by atoms with Crippen molar-refractivity contribution in [3.63, 3.8) is 0 Å². The van der Waals surface area contributed by atoms with Crippen LogP contribution in [0.1, 0.15) is 27.7 Å². The zero-order chi connectivity index (χ0) is 9.99. The van der Waals surface area contributed by atoms with Gasteiger partial charge in [0.2, 0.25) is 0 Å². The van der Waals surface area contributed by atoms with Crippen LogP contribution in [0.2, 0.25) is 0 Å². The molecule has 0 rings (SSSR count). The molecule has 3 heteroatoms. The Bertz CT molecular complexity index is 189. The lowest BCUT2D eigenvalue weighted by atomic mass is 10.1. The number of ether oxygens (including phenoxy) is 1. The molecule has 0 radical (unpaired) electrons. The zero-order valence-corrected chi connectivity index (χ0v) is 9.56. The number of rotatable bonds is 3. The first kappa shape index (κ1) is 11.7. The van der Waals surface area contributed by atoms with E-state index in [1.165, 1.54) is 0 Å². The second-order valence-corrected chi connectivity index (χ2v) is 5.65. The van der Waals surface area contributed by atoms with Gasteiger partial charge in [0.25, 0.3) is 0 Å². The van der Waals surface area contributed by atoms with Gasteiger partial charge in [-0.25, -0.2) is 0 Å². The maximum absolute atomic E-state index is 11.3. The van der Waals surface area contributed by atoms with Crippen LogP contribution in [0, 0.1) is 0 Å². The second-order valence-electron chi connectivity index (χ2n) is 3.67. The Kier molecular flexibility index (Phi) is 3.51. The second kappa shape index (κ2) is 3.60. The maximum Gasteiger partial charge on any atom is 0.323 e. The first-order valence-corrected chi connectivity index (χ1v) is 4.54. The highest BCUT2D eigenvalue weighted by molar-refractivity contribution is 9.10. The quantitative estimate of drug-likeness (QED) is 0.427.